The lowest BCUT2D eigenvalue weighted by Crippen LogP contribution is -1.87. The summed E-state index contributed by atoms with van der Waals surface area (Å²) in [6.45, 7) is 0. The zero-order valence-electron chi connectivity index (χ0n) is 7.87. The Kier molecular flexibility index (Phi) is 2.98. The summed E-state index contributed by atoms with van der Waals surface area (Å²) < 4.78 is 0.910. The van der Waals surface area contributed by atoms with Gasteiger partial charge in [0.1, 0.15) is 0 Å². The summed E-state index contributed by atoms with van der Waals surface area (Å²) in [5.41, 5.74) is 8.68. The van der Waals surface area contributed by atoms with Crippen molar-refractivity contribution in [1.29, 1.82) is 0 Å². The predicted molar refractivity (Wildman–Crippen MR) is 69.0 cm³/mol. The van der Waals surface area contributed by atoms with Gasteiger partial charge in [-0.2, -0.15) is 0 Å². The smallest absolute Gasteiger partial charge is 0.0464 e. The maximum absolute atomic E-state index is 5.93. The van der Waals surface area contributed by atoms with Gasteiger partial charge >= 0.3 is 0 Å². The molecule has 15 heavy (non-hydrogen) atoms. The highest BCUT2D eigenvalue weighted by Gasteiger charge is 2.01. The molecule has 0 radical (unpaired) electrons. The lowest BCUT2D eigenvalue weighted by Gasteiger charge is -2.04. The number of rotatable bonds is 1. The molecule has 0 heterocycles. The molecule has 0 aliphatic carbocycles. The molecule has 0 saturated heterocycles. The summed E-state index contributed by atoms with van der Waals surface area (Å²) in [6.07, 6.45) is 0. The minimum atomic E-state index is 0.729. The Morgan fingerprint density at radius 1 is 1.00 bits per heavy atom. The first-order valence-electron chi connectivity index (χ1n) is 4.48. The van der Waals surface area contributed by atoms with Crippen LogP contribution in [-0.2, 0) is 0 Å². The van der Waals surface area contributed by atoms with Gasteiger partial charge in [-0.05, 0) is 51.3 Å². The lowest BCUT2D eigenvalue weighted by molar-refractivity contribution is 1.59. The van der Waals surface area contributed by atoms with Crippen LogP contribution < -0.4 is 5.73 Å². The first-order chi connectivity index (χ1) is 7.16. The van der Waals surface area contributed by atoms with Crippen molar-refractivity contribution in [3.63, 3.8) is 0 Å². The molecule has 0 fully saturated rings. The van der Waals surface area contributed by atoms with Gasteiger partial charge in [0.05, 0.1) is 0 Å². The van der Waals surface area contributed by atoms with Gasteiger partial charge in [0, 0.05) is 15.2 Å². The fraction of sp³-hybridized carbons (Fsp3) is 0. The molecule has 3 heteroatoms. The van der Waals surface area contributed by atoms with Crippen molar-refractivity contribution in [2.24, 2.45) is 0 Å². The van der Waals surface area contributed by atoms with Crippen molar-refractivity contribution in [3.05, 3.63) is 52.0 Å². The average molecular weight is 283 g/mol. The summed E-state index contributed by atoms with van der Waals surface area (Å²) in [4.78, 5) is 0. The zero-order valence-corrected chi connectivity index (χ0v) is 10.2. The van der Waals surface area contributed by atoms with E-state index in [0.717, 1.165) is 26.3 Å². The van der Waals surface area contributed by atoms with Gasteiger partial charge in [0.15, 0.2) is 0 Å². The number of halogens is 2. The second-order valence-corrected chi connectivity index (χ2v) is 4.54. The van der Waals surface area contributed by atoms with Gasteiger partial charge in [0.2, 0.25) is 0 Å². The van der Waals surface area contributed by atoms with E-state index < -0.39 is 0 Å². The minimum Gasteiger partial charge on any atom is -0.398 e. The quantitative estimate of drug-likeness (QED) is 0.773. The Labute approximate surface area is 102 Å². The Bertz CT molecular complexity index is 497. The first-order valence-corrected chi connectivity index (χ1v) is 5.65. The molecule has 0 aromatic heterocycles. The first kappa shape index (κ1) is 10.5. The molecule has 2 aromatic rings. The summed E-state index contributed by atoms with van der Waals surface area (Å²) >= 11 is 9.29. The number of hydrogen-bond donors (Lipinski definition) is 1. The molecule has 0 aliphatic heterocycles. The molecular formula is C12H9BrClN. The fourth-order valence-corrected chi connectivity index (χ4v) is 1.83. The monoisotopic (exact) mass is 281 g/mol. The molecule has 0 aliphatic rings. The molecule has 0 unspecified atom stereocenters. The van der Waals surface area contributed by atoms with Crippen LogP contribution >= 0.6 is 27.5 Å². The topological polar surface area (TPSA) is 26.0 Å². The fourth-order valence-electron chi connectivity index (χ4n) is 1.39. The van der Waals surface area contributed by atoms with Crippen molar-refractivity contribution >= 4 is 33.2 Å². The minimum absolute atomic E-state index is 0.729. The average Bonchev–Trinajstić information content (AvgIpc) is 2.22. The van der Waals surface area contributed by atoms with Crippen LogP contribution in [0.3, 0.4) is 0 Å². The molecule has 2 aromatic carbocycles. The van der Waals surface area contributed by atoms with Crippen LogP contribution in [0.25, 0.3) is 11.1 Å². The van der Waals surface area contributed by atoms with Crippen LogP contribution in [0.2, 0.25) is 5.02 Å². The summed E-state index contributed by atoms with van der Waals surface area (Å²) in [5, 5.41) is 0.731. The molecule has 0 saturated carbocycles. The van der Waals surface area contributed by atoms with Crippen LogP contribution in [0.4, 0.5) is 5.69 Å². The Balaban J connectivity index is 2.50. The van der Waals surface area contributed by atoms with E-state index in [4.69, 9.17) is 17.3 Å². The molecule has 2 rings (SSSR count). The van der Waals surface area contributed by atoms with E-state index in [1.807, 2.05) is 42.5 Å². The van der Waals surface area contributed by atoms with Gasteiger partial charge < -0.3 is 5.73 Å². The second-order valence-electron chi connectivity index (χ2n) is 3.25. The molecule has 76 valence electrons. The van der Waals surface area contributed by atoms with Gasteiger partial charge in [-0.1, -0.05) is 29.8 Å². The Morgan fingerprint density at radius 3 is 2.40 bits per heavy atom. The Morgan fingerprint density at radius 2 is 1.73 bits per heavy atom. The third kappa shape index (κ3) is 2.33. The SMILES string of the molecule is Nc1cc(-c2cccc(Cl)c2)ccc1Br. The Hall–Kier alpha value is -0.990. The van der Waals surface area contributed by atoms with E-state index in [0.29, 0.717) is 0 Å². The van der Waals surface area contributed by atoms with Gasteiger partial charge in [0.25, 0.3) is 0 Å². The number of hydrogen-bond acceptors (Lipinski definition) is 1. The second kappa shape index (κ2) is 4.25. The molecule has 1 nitrogen and oxygen atoms in total. The summed E-state index contributed by atoms with van der Waals surface area (Å²) in [7, 11) is 0. The largest absolute Gasteiger partial charge is 0.398 e. The van der Waals surface area contributed by atoms with Crippen LogP contribution in [0.15, 0.2) is 46.9 Å². The number of nitrogens with two attached hydrogens (primary N) is 1. The summed E-state index contributed by atoms with van der Waals surface area (Å²) in [5.74, 6) is 0. The molecular weight excluding hydrogens is 273 g/mol. The van der Waals surface area contributed by atoms with Crippen molar-refractivity contribution in [1.82, 2.24) is 0 Å². The van der Waals surface area contributed by atoms with Crippen molar-refractivity contribution in [2.45, 2.75) is 0 Å². The highest BCUT2D eigenvalue weighted by Crippen LogP contribution is 2.28. The van der Waals surface area contributed by atoms with Crippen LogP contribution in [0.5, 0.6) is 0 Å². The molecule has 0 atom stereocenters. The van der Waals surface area contributed by atoms with E-state index in [1.165, 1.54) is 0 Å². The lowest BCUT2D eigenvalue weighted by atomic mass is 10.1. The van der Waals surface area contributed by atoms with Crippen LogP contribution in [0.1, 0.15) is 0 Å². The number of nitrogen functional groups attached to an aromatic ring is 1. The van der Waals surface area contributed by atoms with Gasteiger partial charge in [-0.15, -0.1) is 0 Å². The normalized spacial score (nSPS) is 10.3. The van der Waals surface area contributed by atoms with Gasteiger partial charge in [-0.25, -0.2) is 0 Å². The third-order valence-electron chi connectivity index (χ3n) is 2.15. The van der Waals surface area contributed by atoms with E-state index in [-0.39, 0.29) is 0 Å². The van der Waals surface area contributed by atoms with E-state index >= 15 is 0 Å². The highest BCUT2D eigenvalue weighted by atomic mass is 79.9. The van der Waals surface area contributed by atoms with E-state index in [9.17, 15) is 0 Å². The third-order valence-corrected chi connectivity index (χ3v) is 3.11. The predicted octanol–water partition coefficient (Wildman–Crippen LogP) is 4.35. The highest BCUT2D eigenvalue weighted by molar-refractivity contribution is 9.10. The maximum Gasteiger partial charge on any atom is 0.0464 e. The van der Waals surface area contributed by atoms with Crippen LogP contribution in [-0.4, -0.2) is 0 Å². The van der Waals surface area contributed by atoms with Gasteiger partial charge in [-0.3, -0.25) is 0 Å². The molecule has 2 N–H and O–H groups in total. The number of benzene rings is 2. The number of anilines is 1. The molecule has 0 bridgehead atoms. The standard InChI is InChI=1S/C12H9BrClN/c13-11-5-4-9(7-12(11)15)8-2-1-3-10(14)6-8/h1-7H,15H2. The van der Waals surface area contributed by atoms with E-state index in [1.54, 1.807) is 0 Å². The van der Waals surface area contributed by atoms with Crippen molar-refractivity contribution in [2.75, 3.05) is 5.73 Å². The van der Waals surface area contributed by atoms with Crippen LogP contribution in [0, 0.1) is 0 Å². The van der Waals surface area contributed by atoms with Crippen molar-refractivity contribution in [3.8, 4) is 11.1 Å². The summed E-state index contributed by atoms with van der Waals surface area (Å²) in [6, 6.07) is 13.6. The van der Waals surface area contributed by atoms with E-state index in [2.05, 4.69) is 15.9 Å². The maximum atomic E-state index is 5.93. The molecule has 0 amide bonds. The van der Waals surface area contributed by atoms with Crippen molar-refractivity contribution < 1.29 is 0 Å². The molecule has 0 spiro atoms. The zero-order chi connectivity index (χ0) is 10.8.